The summed E-state index contributed by atoms with van der Waals surface area (Å²) >= 11 is 1.48. The third kappa shape index (κ3) is 3.48. The molecule has 108 valence electrons. The molecule has 0 fully saturated rings. The summed E-state index contributed by atoms with van der Waals surface area (Å²) in [7, 11) is 0. The van der Waals surface area contributed by atoms with Gasteiger partial charge in [0.15, 0.2) is 0 Å². The molecular weight excluding hydrogens is 272 g/mol. The van der Waals surface area contributed by atoms with Gasteiger partial charge >= 0.3 is 0 Å². The van der Waals surface area contributed by atoms with Crippen LogP contribution in [-0.4, -0.2) is 16.9 Å². The second kappa shape index (κ2) is 6.22. The molecule has 0 saturated carbocycles. The Balaban J connectivity index is 2.00. The highest BCUT2D eigenvalue weighted by Gasteiger charge is 2.18. The quantitative estimate of drug-likeness (QED) is 0.917. The molecule has 4 nitrogen and oxygen atoms in total. The molecule has 1 N–H and O–H groups in total. The van der Waals surface area contributed by atoms with E-state index in [2.05, 4.69) is 24.1 Å². The molecule has 1 unspecified atom stereocenters. The molecule has 5 heteroatoms. The molecule has 0 bridgehead atoms. The first kappa shape index (κ1) is 14.8. The van der Waals surface area contributed by atoms with Crippen molar-refractivity contribution in [3.63, 3.8) is 0 Å². The Bertz CT molecular complexity index is 573. The van der Waals surface area contributed by atoms with E-state index in [4.69, 9.17) is 4.42 Å². The molecule has 0 aliphatic carbocycles. The third-order valence-corrected chi connectivity index (χ3v) is 4.43. The van der Waals surface area contributed by atoms with Gasteiger partial charge in [-0.15, -0.1) is 11.3 Å². The number of nitrogens with one attached hydrogen (secondary N) is 1. The Morgan fingerprint density at radius 3 is 2.75 bits per heavy atom. The van der Waals surface area contributed by atoms with Crippen LogP contribution in [0.2, 0.25) is 0 Å². The number of carbonyl (C=O) groups is 1. The number of furan rings is 1. The van der Waals surface area contributed by atoms with Crippen LogP contribution in [0.5, 0.6) is 0 Å². The topological polar surface area (TPSA) is 55.1 Å². The molecule has 1 amide bonds. The monoisotopic (exact) mass is 292 g/mol. The maximum atomic E-state index is 12.3. The summed E-state index contributed by atoms with van der Waals surface area (Å²) in [5.74, 6) is 1.17. The lowest BCUT2D eigenvalue weighted by Crippen LogP contribution is -2.33. The molecule has 20 heavy (non-hydrogen) atoms. The van der Waals surface area contributed by atoms with Gasteiger partial charge < -0.3 is 9.73 Å². The summed E-state index contributed by atoms with van der Waals surface area (Å²) < 4.78 is 5.29. The van der Waals surface area contributed by atoms with Gasteiger partial charge in [-0.3, -0.25) is 4.79 Å². The van der Waals surface area contributed by atoms with E-state index in [1.807, 2.05) is 26.0 Å². The molecule has 2 heterocycles. The summed E-state index contributed by atoms with van der Waals surface area (Å²) in [6.45, 7) is 8.02. The van der Waals surface area contributed by atoms with E-state index in [0.29, 0.717) is 17.2 Å². The number of hydrogen-bond donors (Lipinski definition) is 1. The standard InChI is InChI=1S/C15H20N2O2S/c1-9(2)15-17-11(4)13(20-15)14(18)16-10(3)8-12-6-5-7-19-12/h5-7,9-10H,8H2,1-4H3,(H,16,18). The number of amides is 1. The molecule has 2 aromatic heterocycles. The minimum absolute atomic E-state index is 0.0256. The van der Waals surface area contributed by atoms with Crippen LogP contribution in [0.25, 0.3) is 0 Å². The van der Waals surface area contributed by atoms with Crippen LogP contribution in [-0.2, 0) is 6.42 Å². The second-order valence-corrected chi connectivity index (χ2v) is 6.31. The average Bonchev–Trinajstić information content (AvgIpc) is 2.98. The van der Waals surface area contributed by atoms with E-state index in [0.717, 1.165) is 16.5 Å². The van der Waals surface area contributed by atoms with Crippen LogP contribution >= 0.6 is 11.3 Å². The largest absolute Gasteiger partial charge is 0.469 e. The molecule has 0 aliphatic heterocycles. The number of aryl methyl sites for hydroxylation is 1. The van der Waals surface area contributed by atoms with E-state index < -0.39 is 0 Å². The fourth-order valence-electron chi connectivity index (χ4n) is 1.95. The lowest BCUT2D eigenvalue weighted by Gasteiger charge is -2.11. The zero-order valence-corrected chi connectivity index (χ0v) is 13.1. The Kier molecular flexibility index (Phi) is 4.60. The Morgan fingerprint density at radius 2 is 2.20 bits per heavy atom. The fourth-order valence-corrected chi connectivity index (χ4v) is 2.92. The molecule has 0 radical (unpaired) electrons. The molecule has 0 spiro atoms. The van der Waals surface area contributed by atoms with Crippen molar-refractivity contribution in [1.82, 2.24) is 10.3 Å². The SMILES string of the molecule is Cc1nc(C(C)C)sc1C(=O)NC(C)Cc1ccco1. The van der Waals surface area contributed by atoms with Crippen molar-refractivity contribution in [2.45, 2.75) is 46.1 Å². The minimum atomic E-state index is -0.0500. The van der Waals surface area contributed by atoms with Gasteiger partial charge in [0.1, 0.15) is 10.6 Å². The first-order chi connectivity index (χ1) is 9.47. The maximum absolute atomic E-state index is 12.3. The summed E-state index contributed by atoms with van der Waals surface area (Å²) in [4.78, 5) is 17.4. The van der Waals surface area contributed by atoms with Gasteiger partial charge in [0.2, 0.25) is 0 Å². The number of nitrogens with zero attached hydrogens (tertiary/aromatic N) is 1. The lowest BCUT2D eigenvalue weighted by molar-refractivity contribution is 0.0942. The summed E-state index contributed by atoms with van der Waals surface area (Å²) in [5, 5.41) is 4.00. The molecule has 0 aliphatic rings. The van der Waals surface area contributed by atoms with Crippen LogP contribution in [0, 0.1) is 6.92 Å². The summed E-state index contributed by atoms with van der Waals surface area (Å²) in [6, 6.07) is 3.79. The maximum Gasteiger partial charge on any atom is 0.263 e. The third-order valence-electron chi connectivity index (χ3n) is 2.98. The van der Waals surface area contributed by atoms with E-state index in [9.17, 15) is 4.79 Å². The molecule has 2 rings (SSSR count). The summed E-state index contributed by atoms with van der Waals surface area (Å²) in [5.41, 5.74) is 0.807. The van der Waals surface area contributed by atoms with Crippen molar-refractivity contribution in [1.29, 1.82) is 0 Å². The van der Waals surface area contributed by atoms with Crippen molar-refractivity contribution in [2.75, 3.05) is 0 Å². The van der Waals surface area contributed by atoms with Crippen molar-refractivity contribution < 1.29 is 9.21 Å². The van der Waals surface area contributed by atoms with Gasteiger partial charge in [-0.2, -0.15) is 0 Å². The van der Waals surface area contributed by atoms with Crippen LogP contribution in [0.4, 0.5) is 0 Å². The number of thiazole rings is 1. The Labute approximate surface area is 123 Å². The van der Waals surface area contributed by atoms with Gasteiger partial charge in [0.25, 0.3) is 5.91 Å². The molecular formula is C15H20N2O2S. The zero-order valence-electron chi connectivity index (χ0n) is 12.3. The van der Waals surface area contributed by atoms with Crippen LogP contribution in [0.15, 0.2) is 22.8 Å². The van der Waals surface area contributed by atoms with Gasteiger partial charge in [-0.1, -0.05) is 13.8 Å². The van der Waals surface area contributed by atoms with Crippen molar-refractivity contribution in [2.24, 2.45) is 0 Å². The smallest absolute Gasteiger partial charge is 0.263 e. The van der Waals surface area contributed by atoms with Crippen molar-refractivity contribution in [3.8, 4) is 0 Å². The van der Waals surface area contributed by atoms with Crippen molar-refractivity contribution in [3.05, 3.63) is 39.7 Å². The van der Waals surface area contributed by atoms with Crippen LogP contribution in [0.1, 0.15) is 52.8 Å². The highest BCUT2D eigenvalue weighted by molar-refractivity contribution is 7.13. The van der Waals surface area contributed by atoms with Gasteiger partial charge in [0, 0.05) is 18.4 Å². The minimum Gasteiger partial charge on any atom is -0.469 e. The lowest BCUT2D eigenvalue weighted by atomic mass is 10.2. The molecule has 0 saturated heterocycles. The highest BCUT2D eigenvalue weighted by Crippen LogP contribution is 2.24. The van der Waals surface area contributed by atoms with E-state index in [1.165, 1.54) is 11.3 Å². The second-order valence-electron chi connectivity index (χ2n) is 5.28. The van der Waals surface area contributed by atoms with Crippen LogP contribution < -0.4 is 5.32 Å². The van der Waals surface area contributed by atoms with Gasteiger partial charge in [0.05, 0.1) is 17.0 Å². The van der Waals surface area contributed by atoms with E-state index in [-0.39, 0.29) is 11.9 Å². The summed E-state index contributed by atoms with van der Waals surface area (Å²) in [6.07, 6.45) is 2.33. The number of aromatic nitrogens is 1. The van der Waals surface area contributed by atoms with Gasteiger partial charge in [-0.05, 0) is 26.0 Å². The average molecular weight is 292 g/mol. The molecule has 1 atom stereocenters. The number of carbonyl (C=O) groups excluding carboxylic acids is 1. The fraction of sp³-hybridized carbons (Fsp3) is 0.467. The molecule has 0 aromatic carbocycles. The Morgan fingerprint density at radius 1 is 1.45 bits per heavy atom. The highest BCUT2D eigenvalue weighted by atomic mass is 32.1. The molecule has 2 aromatic rings. The predicted octanol–water partition coefficient (Wildman–Crippen LogP) is 3.53. The normalized spacial score (nSPS) is 12.7. The van der Waals surface area contributed by atoms with Crippen molar-refractivity contribution >= 4 is 17.2 Å². The van der Waals surface area contributed by atoms with E-state index >= 15 is 0 Å². The first-order valence-electron chi connectivity index (χ1n) is 6.78. The zero-order chi connectivity index (χ0) is 14.7. The van der Waals surface area contributed by atoms with Gasteiger partial charge in [-0.25, -0.2) is 4.98 Å². The number of rotatable bonds is 5. The number of hydrogen-bond acceptors (Lipinski definition) is 4. The van der Waals surface area contributed by atoms with E-state index in [1.54, 1.807) is 6.26 Å². The Hall–Kier alpha value is -1.62. The predicted molar refractivity (Wildman–Crippen MR) is 80.3 cm³/mol. The first-order valence-corrected chi connectivity index (χ1v) is 7.59. The van der Waals surface area contributed by atoms with Crippen LogP contribution in [0.3, 0.4) is 0 Å².